The standard InChI is InChI=1S/C21H26N2O5/c1-27-16-6-3-5-15(11-16)12-21(20(25)26)14-23(10-8-19(21)24)13-17-18(28-2)7-4-9-22-17/h3-7,9,11,19,24H,8,10,12-14H2,1-2H3,(H,25,26)/t19-,21+/m0/s1. The maximum atomic E-state index is 12.3. The van der Waals surface area contributed by atoms with Gasteiger partial charge < -0.3 is 19.7 Å². The van der Waals surface area contributed by atoms with Crippen LogP contribution in [0.25, 0.3) is 0 Å². The van der Waals surface area contributed by atoms with Crippen LogP contribution in [0.4, 0.5) is 0 Å². The molecule has 0 amide bonds. The number of hydrogen-bond donors (Lipinski definition) is 2. The molecule has 0 radical (unpaired) electrons. The van der Waals surface area contributed by atoms with Crippen LogP contribution in [0, 0.1) is 5.41 Å². The molecule has 2 aromatic rings. The SMILES string of the molecule is COc1cccc(C[C@@]2(C(=O)O)CN(Cc3ncccc3OC)CC[C@@H]2O)c1. The highest BCUT2D eigenvalue weighted by Gasteiger charge is 2.49. The van der Waals surface area contributed by atoms with Crippen LogP contribution in [0.2, 0.25) is 0 Å². The van der Waals surface area contributed by atoms with E-state index in [0.717, 1.165) is 11.3 Å². The fourth-order valence-corrected chi connectivity index (χ4v) is 3.85. The first-order valence-electron chi connectivity index (χ1n) is 9.23. The van der Waals surface area contributed by atoms with Crippen LogP contribution in [0.3, 0.4) is 0 Å². The van der Waals surface area contributed by atoms with E-state index in [1.54, 1.807) is 26.5 Å². The number of likely N-dealkylation sites (tertiary alicyclic amines) is 1. The van der Waals surface area contributed by atoms with Crippen molar-refractivity contribution in [3.05, 3.63) is 53.9 Å². The molecule has 7 nitrogen and oxygen atoms in total. The Labute approximate surface area is 164 Å². The lowest BCUT2D eigenvalue weighted by Gasteiger charge is -2.43. The fourth-order valence-electron chi connectivity index (χ4n) is 3.85. The maximum Gasteiger partial charge on any atom is 0.313 e. The van der Waals surface area contributed by atoms with Crippen molar-refractivity contribution in [3.8, 4) is 11.5 Å². The number of piperidine rings is 1. The summed E-state index contributed by atoms with van der Waals surface area (Å²) in [6, 6.07) is 11.0. The minimum Gasteiger partial charge on any atom is -0.497 e. The molecule has 0 aliphatic carbocycles. The van der Waals surface area contributed by atoms with E-state index in [2.05, 4.69) is 4.98 Å². The van der Waals surface area contributed by atoms with Crippen molar-refractivity contribution in [1.29, 1.82) is 0 Å². The summed E-state index contributed by atoms with van der Waals surface area (Å²) in [5.74, 6) is 0.335. The van der Waals surface area contributed by atoms with Crippen LogP contribution in [-0.4, -0.2) is 59.5 Å². The molecule has 150 valence electrons. The summed E-state index contributed by atoms with van der Waals surface area (Å²) in [7, 11) is 3.16. The molecular formula is C21H26N2O5. The van der Waals surface area contributed by atoms with Crippen LogP contribution in [0.5, 0.6) is 11.5 Å². The van der Waals surface area contributed by atoms with E-state index in [-0.39, 0.29) is 13.0 Å². The van der Waals surface area contributed by atoms with E-state index >= 15 is 0 Å². The van der Waals surface area contributed by atoms with Gasteiger partial charge in [0.15, 0.2) is 0 Å². The normalized spacial score (nSPS) is 22.6. The molecule has 0 spiro atoms. The Bertz CT molecular complexity index is 828. The van der Waals surface area contributed by atoms with Crippen LogP contribution in [-0.2, 0) is 17.8 Å². The van der Waals surface area contributed by atoms with Crippen molar-refractivity contribution in [2.24, 2.45) is 5.41 Å². The van der Waals surface area contributed by atoms with Gasteiger partial charge in [-0.15, -0.1) is 0 Å². The molecule has 1 saturated heterocycles. The number of rotatable bonds is 7. The summed E-state index contributed by atoms with van der Waals surface area (Å²) in [6.45, 7) is 1.28. The average Bonchev–Trinajstić information content (AvgIpc) is 2.71. The van der Waals surface area contributed by atoms with Gasteiger partial charge in [-0.1, -0.05) is 12.1 Å². The molecule has 1 aliphatic rings. The molecule has 0 bridgehead atoms. The largest absolute Gasteiger partial charge is 0.497 e. The number of carbonyl (C=O) groups is 1. The van der Waals surface area contributed by atoms with Gasteiger partial charge in [0.2, 0.25) is 0 Å². The van der Waals surface area contributed by atoms with Gasteiger partial charge in [0.25, 0.3) is 0 Å². The lowest BCUT2D eigenvalue weighted by molar-refractivity contribution is -0.163. The molecule has 1 fully saturated rings. The van der Waals surface area contributed by atoms with E-state index in [1.807, 2.05) is 35.2 Å². The number of aromatic nitrogens is 1. The van der Waals surface area contributed by atoms with Crippen molar-refractivity contribution < 1.29 is 24.5 Å². The lowest BCUT2D eigenvalue weighted by atomic mass is 9.72. The molecule has 0 saturated carbocycles. The molecule has 1 aromatic heterocycles. The molecule has 2 heterocycles. The molecule has 1 aliphatic heterocycles. The summed E-state index contributed by atoms with van der Waals surface area (Å²) in [5.41, 5.74) is 0.271. The Balaban J connectivity index is 1.85. The molecule has 2 atom stereocenters. The van der Waals surface area contributed by atoms with E-state index in [9.17, 15) is 15.0 Å². The number of pyridine rings is 1. The van der Waals surface area contributed by atoms with E-state index in [1.165, 1.54) is 0 Å². The first kappa shape index (κ1) is 20.1. The van der Waals surface area contributed by atoms with Crippen LogP contribution in [0.1, 0.15) is 17.7 Å². The topological polar surface area (TPSA) is 92.1 Å². The van der Waals surface area contributed by atoms with Crippen LogP contribution < -0.4 is 9.47 Å². The number of aliphatic carboxylic acids is 1. The molecule has 2 N–H and O–H groups in total. The number of hydrogen-bond acceptors (Lipinski definition) is 6. The van der Waals surface area contributed by atoms with Crippen LogP contribution >= 0.6 is 0 Å². The second-order valence-electron chi connectivity index (χ2n) is 7.16. The van der Waals surface area contributed by atoms with Crippen molar-refractivity contribution in [3.63, 3.8) is 0 Å². The Kier molecular flexibility index (Phi) is 6.16. The number of carboxylic acids is 1. The molecule has 0 unspecified atom stereocenters. The highest BCUT2D eigenvalue weighted by molar-refractivity contribution is 5.76. The third kappa shape index (κ3) is 4.10. The van der Waals surface area contributed by atoms with Crippen molar-refractivity contribution in [2.45, 2.75) is 25.5 Å². The predicted octanol–water partition coefficient (Wildman–Crippen LogP) is 1.98. The Morgan fingerprint density at radius 1 is 1.29 bits per heavy atom. The summed E-state index contributed by atoms with van der Waals surface area (Å²) in [5, 5.41) is 20.8. The number of aliphatic hydroxyl groups is 1. The van der Waals surface area contributed by atoms with Gasteiger partial charge in [-0.3, -0.25) is 14.7 Å². The predicted molar refractivity (Wildman–Crippen MR) is 103 cm³/mol. The first-order valence-corrected chi connectivity index (χ1v) is 9.23. The van der Waals surface area contributed by atoms with Crippen molar-refractivity contribution >= 4 is 5.97 Å². The third-order valence-electron chi connectivity index (χ3n) is 5.38. The number of carboxylic acid groups (broad SMARTS) is 1. The molecular weight excluding hydrogens is 360 g/mol. The Hall–Kier alpha value is -2.64. The number of ether oxygens (including phenoxy) is 2. The van der Waals surface area contributed by atoms with Gasteiger partial charge in [0.1, 0.15) is 16.9 Å². The number of methoxy groups -OCH3 is 2. The lowest BCUT2D eigenvalue weighted by Crippen LogP contribution is -2.56. The van der Waals surface area contributed by atoms with E-state index in [0.29, 0.717) is 31.0 Å². The number of benzene rings is 1. The van der Waals surface area contributed by atoms with Gasteiger partial charge >= 0.3 is 5.97 Å². The van der Waals surface area contributed by atoms with Gasteiger partial charge in [-0.05, 0) is 42.7 Å². The molecule has 28 heavy (non-hydrogen) atoms. The zero-order valence-electron chi connectivity index (χ0n) is 16.2. The summed E-state index contributed by atoms with van der Waals surface area (Å²) in [4.78, 5) is 18.7. The summed E-state index contributed by atoms with van der Waals surface area (Å²) >= 11 is 0. The highest BCUT2D eigenvalue weighted by atomic mass is 16.5. The van der Waals surface area contributed by atoms with Gasteiger partial charge in [0, 0.05) is 25.8 Å². The molecule has 7 heteroatoms. The zero-order chi connectivity index (χ0) is 20.1. The molecule has 1 aromatic carbocycles. The van der Waals surface area contributed by atoms with Gasteiger partial charge in [-0.25, -0.2) is 0 Å². The zero-order valence-corrected chi connectivity index (χ0v) is 16.2. The minimum atomic E-state index is -1.30. The van der Waals surface area contributed by atoms with Crippen molar-refractivity contribution in [1.82, 2.24) is 9.88 Å². The average molecular weight is 386 g/mol. The van der Waals surface area contributed by atoms with E-state index in [4.69, 9.17) is 9.47 Å². The van der Waals surface area contributed by atoms with Crippen molar-refractivity contribution in [2.75, 3.05) is 27.3 Å². The second-order valence-corrected chi connectivity index (χ2v) is 7.16. The summed E-state index contributed by atoms with van der Waals surface area (Å²) < 4.78 is 10.6. The number of nitrogens with zero attached hydrogens (tertiary/aromatic N) is 2. The maximum absolute atomic E-state index is 12.3. The second kappa shape index (κ2) is 8.58. The van der Waals surface area contributed by atoms with E-state index < -0.39 is 17.5 Å². The fraction of sp³-hybridized carbons (Fsp3) is 0.429. The Morgan fingerprint density at radius 3 is 2.82 bits per heavy atom. The third-order valence-corrected chi connectivity index (χ3v) is 5.38. The minimum absolute atomic E-state index is 0.219. The molecule has 3 rings (SSSR count). The van der Waals surface area contributed by atoms with Crippen LogP contribution in [0.15, 0.2) is 42.6 Å². The quantitative estimate of drug-likeness (QED) is 0.752. The number of aliphatic hydroxyl groups excluding tert-OH is 1. The van der Waals surface area contributed by atoms with Gasteiger partial charge in [0.05, 0.1) is 26.0 Å². The van der Waals surface area contributed by atoms with Gasteiger partial charge in [-0.2, -0.15) is 0 Å². The monoisotopic (exact) mass is 386 g/mol. The Morgan fingerprint density at radius 2 is 2.11 bits per heavy atom. The smallest absolute Gasteiger partial charge is 0.313 e. The summed E-state index contributed by atoms with van der Waals surface area (Å²) in [6.07, 6.45) is 1.36. The first-order chi connectivity index (χ1) is 13.5. The highest BCUT2D eigenvalue weighted by Crippen LogP contribution is 2.36.